The van der Waals surface area contributed by atoms with Crippen molar-refractivity contribution in [3.63, 3.8) is 0 Å². The fourth-order valence-corrected chi connectivity index (χ4v) is 3.00. The Kier molecular flexibility index (Phi) is 7.21. The lowest BCUT2D eigenvalue weighted by atomic mass is 10.0. The van der Waals surface area contributed by atoms with Gasteiger partial charge in [-0.2, -0.15) is 0 Å². The largest absolute Gasteiger partial charge is 0.484 e. The van der Waals surface area contributed by atoms with Crippen molar-refractivity contribution in [3.05, 3.63) is 64.7 Å². The van der Waals surface area contributed by atoms with Crippen LogP contribution in [0.15, 0.2) is 42.5 Å². The average molecular weight is 405 g/mol. The van der Waals surface area contributed by atoms with Crippen molar-refractivity contribution in [1.29, 1.82) is 0 Å². The number of carbonyl (C=O) groups is 1. The first kappa shape index (κ1) is 21.9. The molecule has 1 atom stereocenters. The van der Waals surface area contributed by atoms with Crippen LogP contribution in [0.5, 0.6) is 5.75 Å². The summed E-state index contributed by atoms with van der Waals surface area (Å²) in [6, 6.07) is 13.1. The highest BCUT2D eigenvalue weighted by atomic mass is 32.2. The molecule has 0 bridgehead atoms. The summed E-state index contributed by atoms with van der Waals surface area (Å²) >= 11 is 0. The molecule has 0 unspecified atom stereocenters. The third kappa shape index (κ3) is 6.35. The number of hydrogen-bond donors (Lipinski definition) is 1. The molecule has 28 heavy (non-hydrogen) atoms. The van der Waals surface area contributed by atoms with E-state index in [1.165, 1.54) is 28.7 Å². The highest BCUT2D eigenvalue weighted by Gasteiger charge is 2.12. The molecule has 0 radical (unpaired) electrons. The molecule has 0 saturated carbocycles. The Morgan fingerprint density at radius 3 is 2.32 bits per heavy atom. The van der Waals surface area contributed by atoms with Gasteiger partial charge in [-0.05, 0) is 55.2 Å². The smallest absolute Gasteiger partial charge is 0.258 e. The Labute approximate surface area is 167 Å². The van der Waals surface area contributed by atoms with Gasteiger partial charge in [0.25, 0.3) is 5.91 Å². The first-order chi connectivity index (χ1) is 13.1. The van der Waals surface area contributed by atoms with Crippen LogP contribution in [0, 0.1) is 13.8 Å². The van der Waals surface area contributed by atoms with Crippen LogP contribution < -0.4 is 10.1 Å². The molecule has 0 aliphatic rings. The molecule has 0 aliphatic carbocycles. The summed E-state index contributed by atoms with van der Waals surface area (Å²) in [5.74, 6) is 0.353. The number of sulfonamides is 1. The molecular weight excluding hydrogens is 376 g/mol. The van der Waals surface area contributed by atoms with E-state index >= 15 is 0 Å². The standard InChI is InChI=1S/C21H28N2O4S/c1-15-6-9-19(12-16(15)2)17(3)22-21(24)14-27-20-10-7-18(8-11-20)13-23(4)28(5,25)26/h6-12,17H,13-14H2,1-5H3,(H,22,24)/t17-/m0/s1. The van der Waals surface area contributed by atoms with E-state index in [1.807, 2.05) is 26.0 Å². The van der Waals surface area contributed by atoms with E-state index in [4.69, 9.17) is 4.74 Å². The predicted molar refractivity (Wildman–Crippen MR) is 111 cm³/mol. The maximum atomic E-state index is 12.2. The van der Waals surface area contributed by atoms with Crippen LogP contribution in [-0.4, -0.2) is 38.5 Å². The Hall–Kier alpha value is -2.38. The molecule has 2 aromatic carbocycles. The summed E-state index contributed by atoms with van der Waals surface area (Å²) in [4.78, 5) is 12.2. The van der Waals surface area contributed by atoms with Crippen molar-refractivity contribution in [1.82, 2.24) is 9.62 Å². The minimum Gasteiger partial charge on any atom is -0.484 e. The van der Waals surface area contributed by atoms with Gasteiger partial charge < -0.3 is 10.1 Å². The van der Waals surface area contributed by atoms with Crippen LogP contribution >= 0.6 is 0 Å². The van der Waals surface area contributed by atoms with Gasteiger partial charge in [-0.25, -0.2) is 12.7 Å². The van der Waals surface area contributed by atoms with Gasteiger partial charge >= 0.3 is 0 Å². The lowest BCUT2D eigenvalue weighted by Gasteiger charge is -2.16. The van der Waals surface area contributed by atoms with Gasteiger partial charge in [-0.3, -0.25) is 4.79 Å². The number of aryl methyl sites for hydroxylation is 2. The topological polar surface area (TPSA) is 75.7 Å². The summed E-state index contributed by atoms with van der Waals surface area (Å²) in [5, 5.41) is 2.93. The number of nitrogens with one attached hydrogen (secondary N) is 1. The van der Waals surface area contributed by atoms with Gasteiger partial charge in [0.05, 0.1) is 12.3 Å². The van der Waals surface area contributed by atoms with Crippen molar-refractivity contribution in [3.8, 4) is 5.75 Å². The zero-order valence-corrected chi connectivity index (χ0v) is 17.8. The third-order valence-electron chi connectivity index (χ3n) is 4.67. The molecule has 152 valence electrons. The average Bonchev–Trinajstić information content (AvgIpc) is 2.62. The fraction of sp³-hybridized carbons (Fsp3) is 0.381. The first-order valence-corrected chi connectivity index (χ1v) is 10.9. The van der Waals surface area contributed by atoms with Crippen LogP contribution in [0.4, 0.5) is 0 Å². The Balaban J connectivity index is 1.86. The monoisotopic (exact) mass is 404 g/mol. The number of rotatable bonds is 8. The minimum atomic E-state index is -3.22. The van der Waals surface area contributed by atoms with E-state index in [0.29, 0.717) is 5.75 Å². The number of hydrogen-bond acceptors (Lipinski definition) is 4. The Bertz CT molecular complexity index is 924. The quantitative estimate of drug-likeness (QED) is 0.734. The van der Waals surface area contributed by atoms with Gasteiger partial charge in [-0.15, -0.1) is 0 Å². The van der Waals surface area contributed by atoms with Crippen molar-refractivity contribution in [2.24, 2.45) is 0 Å². The number of carbonyl (C=O) groups excluding carboxylic acids is 1. The van der Waals surface area contributed by atoms with E-state index in [0.717, 1.165) is 11.1 Å². The van der Waals surface area contributed by atoms with Crippen LogP contribution in [0.2, 0.25) is 0 Å². The Morgan fingerprint density at radius 2 is 1.75 bits per heavy atom. The highest BCUT2D eigenvalue weighted by Crippen LogP contribution is 2.17. The lowest BCUT2D eigenvalue weighted by molar-refractivity contribution is -0.123. The SMILES string of the molecule is Cc1ccc([C@H](C)NC(=O)COc2ccc(CN(C)S(C)(=O)=O)cc2)cc1C. The maximum absolute atomic E-state index is 12.2. The van der Waals surface area contributed by atoms with E-state index in [-0.39, 0.29) is 25.1 Å². The van der Waals surface area contributed by atoms with Crippen LogP contribution in [-0.2, 0) is 21.4 Å². The molecule has 1 amide bonds. The predicted octanol–water partition coefficient (Wildman–Crippen LogP) is 2.95. The number of ether oxygens (including phenoxy) is 1. The molecular formula is C21H28N2O4S. The van der Waals surface area contributed by atoms with Gasteiger partial charge in [-0.1, -0.05) is 30.3 Å². The molecule has 0 aliphatic heterocycles. The molecule has 2 rings (SSSR count). The van der Waals surface area contributed by atoms with Gasteiger partial charge in [0.15, 0.2) is 6.61 Å². The normalized spacial score (nSPS) is 12.6. The van der Waals surface area contributed by atoms with Gasteiger partial charge in [0.1, 0.15) is 5.75 Å². The lowest BCUT2D eigenvalue weighted by Crippen LogP contribution is -2.31. The van der Waals surface area contributed by atoms with Crippen molar-refractivity contribution in [2.75, 3.05) is 19.9 Å². The summed E-state index contributed by atoms with van der Waals surface area (Å²) in [7, 11) is -1.69. The minimum absolute atomic E-state index is 0.0855. The summed E-state index contributed by atoms with van der Waals surface area (Å²) < 4.78 is 29.7. The molecule has 6 nitrogen and oxygen atoms in total. The molecule has 1 N–H and O–H groups in total. The number of amides is 1. The molecule has 0 heterocycles. The van der Waals surface area contributed by atoms with Crippen LogP contribution in [0.1, 0.15) is 35.2 Å². The van der Waals surface area contributed by atoms with E-state index in [9.17, 15) is 13.2 Å². The molecule has 2 aromatic rings. The molecule has 0 aromatic heterocycles. The summed E-state index contributed by atoms with van der Waals surface area (Å²) in [5.41, 5.74) is 4.30. The zero-order valence-electron chi connectivity index (χ0n) is 17.0. The van der Waals surface area contributed by atoms with Crippen LogP contribution in [0.3, 0.4) is 0 Å². The Morgan fingerprint density at radius 1 is 1.11 bits per heavy atom. The molecule has 7 heteroatoms. The first-order valence-electron chi connectivity index (χ1n) is 9.06. The second kappa shape index (κ2) is 9.21. The zero-order chi connectivity index (χ0) is 20.9. The van der Waals surface area contributed by atoms with Gasteiger partial charge in [0, 0.05) is 13.6 Å². The number of nitrogens with zero attached hydrogens (tertiary/aromatic N) is 1. The second-order valence-electron chi connectivity index (χ2n) is 7.08. The van der Waals surface area contributed by atoms with Crippen molar-refractivity contribution < 1.29 is 17.9 Å². The third-order valence-corrected chi connectivity index (χ3v) is 5.93. The van der Waals surface area contributed by atoms with Crippen molar-refractivity contribution >= 4 is 15.9 Å². The van der Waals surface area contributed by atoms with Crippen LogP contribution in [0.25, 0.3) is 0 Å². The number of benzene rings is 2. The molecule has 0 saturated heterocycles. The van der Waals surface area contributed by atoms with E-state index < -0.39 is 10.0 Å². The highest BCUT2D eigenvalue weighted by molar-refractivity contribution is 7.88. The van der Waals surface area contributed by atoms with E-state index in [1.54, 1.807) is 24.3 Å². The summed E-state index contributed by atoms with van der Waals surface area (Å²) in [6.07, 6.45) is 1.17. The van der Waals surface area contributed by atoms with Crippen molar-refractivity contribution in [2.45, 2.75) is 33.4 Å². The summed E-state index contributed by atoms with van der Waals surface area (Å²) in [6.45, 7) is 6.24. The molecule has 0 spiro atoms. The fourth-order valence-electron chi connectivity index (χ4n) is 2.61. The molecule has 0 fully saturated rings. The van der Waals surface area contributed by atoms with Gasteiger partial charge in [0.2, 0.25) is 10.0 Å². The van der Waals surface area contributed by atoms with E-state index in [2.05, 4.69) is 18.3 Å². The maximum Gasteiger partial charge on any atom is 0.258 e. The second-order valence-corrected chi connectivity index (χ2v) is 9.17.